The van der Waals surface area contributed by atoms with Crippen LogP contribution >= 0.6 is 15.9 Å². The van der Waals surface area contributed by atoms with E-state index in [1.807, 2.05) is 12.1 Å². The van der Waals surface area contributed by atoms with Gasteiger partial charge >= 0.3 is 0 Å². The molecule has 0 aliphatic rings. The van der Waals surface area contributed by atoms with Crippen LogP contribution in [0.4, 0.5) is 0 Å². The number of nitrogens with zero attached hydrogens (tertiary/aromatic N) is 1. The van der Waals surface area contributed by atoms with Crippen molar-refractivity contribution in [2.45, 2.75) is 39.3 Å². The first-order valence-corrected chi connectivity index (χ1v) is 7.04. The van der Waals surface area contributed by atoms with Crippen molar-refractivity contribution in [1.82, 2.24) is 10.3 Å². The third-order valence-corrected chi connectivity index (χ3v) is 2.82. The molecule has 0 fully saturated rings. The Morgan fingerprint density at radius 2 is 2.33 bits per heavy atom. The van der Waals surface area contributed by atoms with Crippen LogP contribution in [0, 0.1) is 0 Å². The molecule has 1 aromatic rings. The average Bonchev–Trinajstić information content (AvgIpc) is 2.34. The van der Waals surface area contributed by atoms with E-state index in [4.69, 9.17) is 4.74 Å². The number of aromatic nitrogens is 1. The standard InChI is InChI=1S/C14H21BrN2O/c1-4-5-6-7-18-14-12(9-16-11(2)3)8-13(15)10-17-14/h4,8,10-11,16H,1,5-7,9H2,2-3H3. The van der Waals surface area contributed by atoms with Gasteiger partial charge in [0.1, 0.15) is 0 Å². The molecule has 18 heavy (non-hydrogen) atoms. The fraction of sp³-hybridized carbons (Fsp3) is 0.500. The van der Waals surface area contributed by atoms with Gasteiger partial charge in [-0.3, -0.25) is 0 Å². The molecule has 0 aliphatic heterocycles. The molecule has 1 N–H and O–H groups in total. The fourth-order valence-electron chi connectivity index (χ4n) is 1.44. The molecule has 0 saturated heterocycles. The zero-order valence-corrected chi connectivity index (χ0v) is 12.7. The highest BCUT2D eigenvalue weighted by atomic mass is 79.9. The quantitative estimate of drug-likeness (QED) is 0.587. The van der Waals surface area contributed by atoms with Crippen molar-refractivity contribution in [3.05, 3.63) is 35.0 Å². The van der Waals surface area contributed by atoms with E-state index in [2.05, 4.69) is 46.7 Å². The van der Waals surface area contributed by atoms with Gasteiger partial charge in [-0.2, -0.15) is 0 Å². The second-order valence-electron chi connectivity index (χ2n) is 4.43. The van der Waals surface area contributed by atoms with E-state index in [0.29, 0.717) is 12.6 Å². The lowest BCUT2D eigenvalue weighted by atomic mass is 10.2. The predicted octanol–water partition coefficient (Wildman–Crippen LogP) is 3.69. The molecule has 0 aromatic carbocycles. The molecule has 1 aromatic heterocycles. The highest BCUT2D eigenvalue weighted by Crippen LogP contribution is 2.20. The molecule has 0 bridgehead atoms. The Labute approximate surface area is 118 Å². The van der Waals surface area contributed by atoms with Crippen molar-refractivity contribution in [2.75, 3.05) is 6.61 Å². The highest BCUT2D eigenvalue weighted by Gasteiger charge is 2.07. The van der Waals surface area contributed by atoms with Crippen LogP contribution in [-0.4, -0.2) is 17.6 Å². The Hall–Kier alpha value is -0.870. The van der Waals surface area contributed by atoms with Crippen LogP contribution in [0.1, 0.15) is 32.3 Å². The van der Waals surface area contributed by atoms with E-state index < -0.39 is 0 Å². The highest BCUT2D eigenvalue weighted by molar-refractivity contribution is 9.10. The maximum atomic E-state index is 5.71. The van der Waals surface area contributed by atoms with Gasteiger partial charge in [-0.25, -0.2) is 4.98 Å². The second kappa shape index (κ2) is 8.27. The summed E-state index contributed by atoms with van der Waals surface area (Å²) in [5.74, 6) is 0.718. The summed E-state index contributed by atoms with van der Waals surface area (Å²) in [4.78, 5) is 4.32. The summed E-state index contributed by atoms with van der Waals surface area (Å²) in [6, 6.07) is 2.49. The largest absolute Gasteiger partial charge is 0.477 e. The van der Waals surface area contributed by atoms with Crippen LogP contribution < -0.4 is 10.1 Å². The van der Waals surface area contributed by atoms with Gasteiger partial charge in [-0.1, -0.05) is 19.9 Å². The molecule has 0 saturated carbocycles. The lowest BCUT2D eigenvalue weighted by molar-refractivity contribution is 0.295. The minimum Gasteiger partial charge on any atom is -0.477 e. The monoisotopic (exact) mass is 312 g/mol. The van der Waals surface area contributed by atoms with Gasteiger partial charge in [0.05, 0.1) is 6.61 Å². The number of nitrogens with one attached hydrogen (secondary N) is 1. The van der Waals surface area contributed by atoms with Gasteiger partial charge in [-0.15, -0.1) is 6.58 Å². The van der Waals surface area contributed by atoms with Gasteiger partial charge < -0.3 is 10.1 Å². The summed E-state index contributed by atoms with van der Waals surface area (Å²) in [6.07, 6.45) is 5.61. The molecule has 0 amide bonds. The predicted molar refractivity (Wildman–Crippen MR) is 78.8 cm³/mol. The molecule has 1 heterocycles. The first kappa shape index (κ1) is 15.2. The second-order valence-corrected chi connectivity index (χ2v) is 5.35. The fourth-order valence-corrected chi connectivity index (χ4v) is 1.81. The van der Waals surface area contributed by atoms with Crippen molar-refractivity contribution in [1.29, 1.82) is 0 Å². The molecule has 100 valence electrons. The van der Waals surface area contributed by atoms with Crippen LogP contribution in [0.15, 0.2) is 29.4 Å². The summed E-state index contributed by atoms with van der Waals surface area (Å²) in [5.41, 5.74) is 1.08. The minimum absolute atomic E-state index is 0.442. The number of hydrogen-bond acceptors (Lipinski definition) is 3. The van der Waals surface area contributed by atoms with Crippen LogP contribution in [0.2, 0.25) is 0 Å². The van der Waals surface area contributed by atoms with Gasteiger partial charge in [0.15, 0.2) is 0 Å². The maximum Gasteiger partial charge on any atom is 0.217 e. The molecule has 0 aliphatic carbocycles. The zero-order valence-electron chi connectivity index (χ0n) is 11.1. The summed E-state index contributed by atoms with van der Waals surface area (Å²) < 4.78 is 6.68. The first-order valence-electron chi connectivity index (χ1n) is 6.25. The third-order valence-electron chi connectivity index (χ3n) is 2.38. The Morgan fingerprint density at radius 3 is 3.00 bits per heavy atom. The number of ether oxygens (including phenoxy) is 1. The van der Waals surface area contributed by atoms with Crippen LogP contribution in [0.5, 0.6) is 5.88 Å². The number of hydrogen-bond donors (Lipinski definition) is 1. The number of rotatable bonds is 8. The molecular formula is C14H21BrN2O. The van der Waals surface area contributed by atoms with E-state index in [0.717, 1.165) is 35.3 Å². The summed E-state index contributed by atoms with van der Waals surface area (Å²) >= 11 is 3.44. The van der Waals surface area contributed by atoms with E-state index >= 15 is 0 Å². The SMILES string of the molecule is C=CCCCOc1ncc(Br)cc1CNC(C)C. The van der Waals surface area contributed by atoms with Crippen LogP contribution in [-0.2, 0) is 6.54 Å². The Morgan fingerprint density at radius 1 is 1.56 bits per heavy atom. The van der Waals surface area contributed by atoms with Crippen molar-refractivity contribution in [2.24, 2.45) is 0 Å². The lowest BCUT2D eigenvalue weighted by Gasteiger charge is -2.13. The molecule has 3 nitrogen and oxygen atoms in total. The Balaban J connectivity index is 2.60. The van der Waals surface area contributed by atoms with E-state index in [-0.39, 0.29) is 0 Å². The number of pyridine rings is 1. The average molecular weight is 313 g/mol. The van der Waals surface area contributed by atoms with Crippen molar-refractivity contribution in [3.63, 3.8) is 0 Å². The van der Waals surface area contributed by atoms with Crippen molar-refractivity contribution in [3.8, 4) is 5.88 Å². The molecule has 0 spiro atoms. The summed E-state index contributed by atoms with van der Waals surface area (Å²) in [7, 11) is 0. The van der Waals surface area contributed by atoms with E-state index in [9.17, 15) is 0 Å². The first-order chi connectivity index (χ1) is 8.63. The molecule has 0 radical (unpaired) electrons. The van der Waals surface area contributed by atoms with Crippen molar-refractivity contribution >= 4 is 15.9 Å². The third kappa shape index (κ3) is 5.65. The molecule has 1 rings (SSSR count). The lowest BCUT2D eigenvalue weighted by Crippen LogP contribution is -2.22. The van der Waals surface area contributed by atoms with Crippen LogP contribution in [0.3, 0.4) is 0 Å². The van der Waals surface area contributed by atoms with E-state index in [1.165, 1.54) is 0 Å². The summed E-state index contributed by atoms with van der Waals surface area (Å²) in [6.45, 7) is 9.38. The molecule has 0 atom stereocenters. The summed E-state index contributed by atoms with van der Waals surface area (Å²) in [5, 5.41) is 3.37. The number of halogens is 1. The van der Waals surface area contributed by atoms with Gasteiger partial charge in [-0.05, 0) is 34.8 Å². The topological polar surface area (TPSA) is 34.1 Å². The number of allylic oxidation sites excluding steroid dienone is 1. The van der Waals surface area contributed by atoms with Crippen molar-refractivity contribution < 1.29 is 4.74 Å². The van der Waals surface area contributed by atoms with Crippen LogP contribution in [0.25, 0.3) is 0 Å². The molecule has 0 unspecified atom stereocenters. The maximum absolute atomic E-state index is 5.71. The Bertz CT molecular complexity index is 380. The zero-order chi connectivity index (χ0) is 13.4. The van der Waals surface area contributed by atoms with Gasteiger partial charge in [0.25, 0.3) is 0 Å². The van der Waals surface area contributed by atoms with E-state index in [1.54, 1.807) is 6.20 Å². The Kier molecular flexibility index (Phi) is 6.98. The smallest absolute Gasteiger partial charge is 0.217 e. The van der Waals surface area contributed by atoms with Gasteiger partial charge in [0.2, 0.25) is 5.88 Å². The molecular weight excluding hydrogens is 292 g/mol. The molecule has 4 heteroatoms. The normalized spacial score (nSPS) is 10.7. The van der Waals surface area contributed by atoms with Gasteiger partial charge in [0, 0.05) is 28.8 Å². The number of unbranched alkanes of at least 4 members (excludes halogenated alkanes) is 1. The minimum atomic E-state index is 0.442.